The van der Waals surface area contributed by atoms with Gasteiger partial charge in [-0.05, 0) is 54.4 Å². The van der Waals surface area contributed by atoms with Crippen LogP contribution in [0, 0.1) is 11.3 Å². The number of hydrogen-bond acceptors (Lipinski definition) is 3. The van der Waals surface area contributed by atoms with E-state index < -0.39 is 0 Å². The topological polar surface area (TPSA) is 57.0 Å². The fraction of sp³-hybridized carbons (Fsp3) is 0.190. The smallest absolute Gasteiger partial charge is 0.254 e. The van der Waals surface area contributed by atoms with E-state index in [1.54, 1.807) is 24.3 Å². The quantitative estimate of drug-likeness (QED) is 0.611. The molecule has 0 saturated carbocycles. The van der Waals surface area contributed by atoms with Crippen molar-refractivity contribution in [2.45, 2.75) is 19.9 Å². The molecule has 130 valence electrons. The summed E-state index contributed by atoms with van der Waals surface area (Å²) in [6.45, 7) is 3.22. The lowest BCUT2D eigenvalue weighted by Gasteiger charge is -2.22. The number of halogens is 1. The van der Waals surface area contributed by atoms with Crippen molar-refractivity contribution >= 4 is 28.4 Å². The number of pyridine rings is 1. The van der Waals surface area contributed by atoms with Crippen molar-refractivity contribution in [1.29, 1.82) is 5.26 Å². The molecule has 0 saturated heterocycles. The zero-order chi connectivity index (χ0) is 18.5. The normalized spacial score (nSPS) is 10.5. The van der Waals surface area contributed by atoms with E-state index in [0.29, 0.717) is 29.4 Å². The monoisotopic (exact) mass is 363 g/mol. The number of carbonyl (C=O) groups is 1. The first kappa shape index (κ1) is 17.9. The third-order valence-electron chi connectivity index (χ3n) is 4.14. The minimum Gasteiger partial charge on any atom is -0.334 e. The van der Waals surface area contributed by atoms with Gasteiger partial charge in [-0.2, -0.15) is 5.26 Å². The van der Waals surface area contributed by atoms with E-state index in [1.807, 2.05) is 42.2 Å². The highest BCUT2D eigenvalue weighted by atomic mass is 35.5. The van der Waals surface area contributed by atoms with Gasteiger partial charge in [0.2, 0.25) is 0 Å². The van der Waals surface area contributed by atoms with Crippen molar-refractivity contribution in [1.82, 2.24) is 9.88 Å². The second-order valence-corrected chi connectivity index (χ2v) is 6.46. The van der Waals surface area contributed by atoms with Crippen LogP contribution >= 0.6 is 11.6 Å². The Morgan fingerprint density at radius 3 is 2.62 bits per heavy atom. The van der Waals surface area contributed by atoms with Crippen LogP contribution in [0.25, 0.3) is 10.9 Å². The standard InChI is InChI=1S/C21H18ClN3O/c1-2-11-25(14-16-5-3-15(13-23)4-6-16)21(26)18-7-9-19-17(12-18)8-10-20(22)24-19/h3-10,12H,2,11,14H2,1H3. The summed E-state index contributed by atoms with van der Waals surface area (Å²) in [7, 11) is 0. The van der Waals surface area contributed by atoms with Crippen LogP contribution in [0.3, 0.4) is 0 Å². The van der Waals surface area contributed by atoms with Gasteiger partial charge in [0.1, 0.15) is 5.15 Å². The molecule has 0 fully saturated rings. The number of carbonyl (C=O) groups excluding carboxylic acids is 1. The molecule has 0 bridgehead atoms. The minimum absolute atomic E-state index is 0.0203. The first-order chi connectivity index (χ1) is 12.6. The summed E-state index contributed by atoms with van der Waals surface area (Å²) < 4.78 is 0. The molecule has 0 spiro atoms. The molecule has 2 aromatic carbocycles. The van der Waals surface area contributed by atoms with Gasteiger partial charge in [-0.15, -0.1) is 0 Å². The molecule has 4 nitrogen and oxygen atoms in total. The van der Waals surface area contributed by atoms with Crippen LogP contribution < -0.4 is 0 Å². The van der Waals surface area contributed by atoms with Crippen molar-refractivity contribution < 1.29 is 4.79 Å². The first-order valence-electron chi connectivity index (χ1n) is 8.45. The number of nitrogens with zero attached hydrogens (tertiary/aromatic N) is 3. The maximum atomic E-state index is 13.0. The van der Waals surface area contributed by atoms with Gasteiger partial charge in [0.25, 0.3) is 5.91 Å². The lowest BCUT2D eigenvalue weighted by Crippen LogP contribution is -2.31. The summed E-state index contributed by atoms with van der Waals surface area (Å²) in [4.78, 5) is 19.1. The second-order valence-electron chi connectivity index (χ2n) is 6.08. The molecule has 0 aliphatic heterocycles. The van der Waals surface area contributed by atoms with E-state index in [2.05, 4.69) is 11.1 Å². The summed E-state index contributed by atoms with van der Waals surface area (Å²) in [6.07, 6.45) is 0.868. The molecule has 1 aromatic heterocycles. The Morgan fingerprint density at radius 1 is 1.15 bits per heavy atom. The van der Waals surface area contributed by atoms with Crippen molar-refractivity contribution in [3.63, 3.8) is 0 Å². The molecular weight excluding hydrogens is 346 g/mol. The van der Waals surface area contributed by atoms with Crippen LogP contribution in [0.5, 0.6) is 0 Å². The summed E-state index contributed by atoms with van der Waals surface area (Å²) >= 11 is 5.92. The van der Waals surface area contributed by atoms with Crippen molar-refractivity contribution in [2.24, 2.45) is 0 Å². The molecule has 1 amide bonds. The minimum atomic E-state index is -0.0203. The molecule has 26 heavy (non-hydrogen) atoms. The van der Waals surface area contributed by atoms with Crippen molar-refractivity contribution in [3.8, 4) is 6.07 Å². The van der Waals surface area contributed by atoms with Crippen LogP contribution in [0.2, 0.25) is 5.15 Å². The fourth-order valence-corrected chi connectivity index (χ4v) is 3.00. The largest absolute Gasteiger partial charge is 0.334 e. The lowest BCUT2D eigenvalue weighted by molar-refractivity contribution is 0.0743. The average Bonchev–Trinajstić information content (AvgIpc) is 2.67. The summed E-state index contributed by atoms with van der Waals surface area (Å²) in [5, 5.41) is 10.2. The molecule has 0 aliphatic rings. The third-order valence-corrected chi connectivity index (χ3v) is 4.35. The number of rotatable bonds is 5. The highest BCUT2D eigenvalue weighted by Gasteiger charge is 2.16. The molecule has 3 aromatic rings. The molecule has 0 unspecified atom stereocenters. The molecule has 0 atom stereocenters. The molecule has 0 N–H and O–H groups in total. The molecule has 0 aliphatic carbocycles. The van der Waals surface area contributed by atoms with Gasteiger partial charge in [0, 0.05) is 24.0 Å². The zero-order valence-corrected chi connectivity index (χ0v) is 15.2. The maximum absolute atomic E-state index is 13.0. The Hall–Kier alpha value is -2.90. The number of aromatic nitrogens is 1. The van der Waals surface area contributed by atoms with E-state index in [9.17, 15) is 4.79 Å². The molecule has 5 heteroatoms. The van der Waals surface area contributed by atoms with Crippen LogP contribution in [-0.4, -0.2) is 22.3 Å². The van der Waals surface area contributed by atoms with Gasteiger partial charge >= 0.3 is 0 Å². The third kappa shape index (κ3) is 4.01. The predicted molar refractivity (Wildman–Crippen MR) is 103 cm³/mol. The van der Waals surface area contributed by atoms with Gasteiger partial charge < -0.3 is 4.90 Å². The number of fused-ring (bicyclic) bond motifs is 1. The Balaban J connectivity index is 1.85. The maximum Gasteiger partial charge on any atom is 0.254 e. The number of nitriles is 1. The average molecular weight is 364 g/mol. The SMILES string of the molecule is CCCN(Cc1ccc(C#N)cc1)C(=O)c1ccc2nc(Cl)ccc2c1. The Bertz CT molecular complexity index is 977. The van der Waals surface area contributed by atoms with Crippen LogP contribution in [-0.2, 0) is 6.54 Å². The van der Waals surface area contributed by atoms with Crippen molar-refractivity contribution in [3.05, 3.63) is 76.4 Å². The fourth-order valence-electron chi connectivity index (χ4n) is 2.84. The van der Waals surface area contributed by atoms with E-state index in [0.717, 1.165) is 22.9 Å². The van der Waals surface area contributed by atoms with Gasteiger partial charge in [0.05, 0.1) is 17.1 Å². The molecule has 1 heterocycles. The zero-order valence-electron chi connectivity index (χ0n) is 14.4. The number of hydrogen-bond donors (Lipinski definition) is 0. The predicted octanol–water partition coefficient (Wildman–Crippen LogP) is 4.81. The number of amides is 1. The highest BCUT2D eigenvalue weighted by molar-refractivity contribution is 6.29. The summed E-state index contributed by atoms with van der Waals surface area (Å²) in [5.41, 5.74) is 3.01. The molecular formula is C21H18ClN3O. The van der Waals surface area contributed by atoms with Crippen molar-refractivity contribution in [2.75, 3.05) is 6.54 Å². The van der Waals surface area contributed by atoms with E-state index in [-0.39, 0.29) is 5.91 Å². The van der Waals surface area contributed by atoms with Crippen LogP contribution in [0.15, 0.2) is 54.6 Å². The van der Waals surface area contributed by atoms with Gasteiger partial charge in [-0.3, -0.25) is 4.79 Å². The summed E-state index contributed by atoms with van der Waals surface area (Å²) in [6, 6.07) is 18.5. The van der Waals surface area contributed by atoms with E-state index in [1.165, 1.54) is 0 Å². The number of benzene rings is 2. The Morgan fingerprint density at radius 2 is 1.92 bits per heavy atom. The van der Waals surface area contributed by atoms with Crippen LogP contribution in [0.4, 0.5) is 0 Å². The first-order valence-corrected chi connectivity index (χ1v) is 8.83. The molecule has 3 rings (SSSR count). The second kappa shape index (κ2) is 7.99. The Labute approximate surface area is 157 Å². The van der Waals surface area contributed by atoms with E-state index >= 15 is 0 Å². The highest BCUT2D eigenvalue weighted by Crippen LogP contribution is 2.19. The lowest BCUT2D eigenvalue weighted by atomic mass is 10.1. The van der Waals surface area contributed by atoms with E-state index in [4.69, 9.17) is 16.9 Å². The van der Waals surface area contributed by atoms with Gasteiger partial charge in [-0.25, -0.2) is 4.98 Å². The van der Waals surface area contributed by atoms with Crippen LogP contribution in [0.1, 0.15) is 34.8 Å². The van der Waals surface area contributed by atoms with Gasteiger partial charge in [0.15, 0.2) is 0 Å². The summed E-state index contributed by atoms with van der Waals surface area (Å²) in [5.74, 6) is -0.0203. The molecule has 0 radical (unpaired) electrons. The Kier molecular flexibility index (Phi) is 5.50. The van der Waals surface area contributed by atoms with Gasteiger partial charge in [-0.1, -0.05) is 30.7 Å².